The van der Waals surface area contributed by atoms with Crippen molar-refractivity contribution < 1.29 is 9.53 Å². The average molecular weight is 795 g/mol. The Bertz CT molecular complexity index is 1630. The molecule has 326 valence electrons. The van der Waals surface area contributed by atoms with E-state index in [1.807, 2.05) is 0 Å². The number of hydrogen-bond acceptors (Lipinski definition) is 2. The van der Waals surface area contributed by atoms with Crippen LogP contribution in [0.4, 0.5) is 0 Å². The Hall–Kier alpha value is -1.05. The number of rotatable bonds is 8. The van der Waals surface area contributed by atoms with Gasteiger partial charge in [-0.2, -0.15) is 0 Å². The summed E-state index contributed by atoms with van der Waals surface area (Å²) in [6.07, 6.45) is 32.9. The number of unbranched alkanes of at least 4 members (excludes halogenated alkanes) is 1. The molecule has 0 N–H and O–H groups in total. The molecule has 0 radical (unpaired) electrons. The van der Waals surface area contributed by atoms with Crippen molar-refractivity contribution in [2.45, 2.75) is 223 Å². The molecule has 58 heavy (non-hydrogen) atoms. The first kappa shape index (κ1) is 42.3. The summed E-state index contributed by atoms with van der Waals surface area (Å²) in [7, 11) is 0. The molecule has 3 unspecified atom stereocenters. The van der Waals surface area contributed by atoms with Gasteiger partial charge in [0.25, 0.3) is 0 Å². The van der Waals surface area contributed by atoms with Gasteiger partial charge in [-0.3, -0.25) is 4.79 Å². The molecule has 2 nitrogen and oxygen atoms in total. The maximum atomic E-state index is 15.2. The summed E-state index contributed by atoms with van der Waals surface area (Å²) in [4.78, 5) is 15.2. The van der Waals surface area contributed by atoms with E-state index < -0.39 is 0 Å². The molecule has 0 aromatic heterocycles. The monoisotopic (exact) mass is 795 g/mol. The summed E-state index contributed by atoms with van der Waals surface area (Å²) in [6.45, 7) is 30.5. The van der Waals surface area contributed by atoms with Gasteiger partial charge in [-0.25, -0.2) is 0 Å². The van der Waals surface area contributed by atoms with Gasteiger partial charge in [-0.05, 0) is 214 Å². The van der Waals surface area contributed by atoms with Gasteiger partial charge in [0.2, 0.25) is 0 Å². The summed E-state index contributed by atoms with van der Waals surface area (Å²) >= 11 is 0. The standard InChI is InChI=1S/C56H90O2/c1-36(2)15-12-13-16-38-18-20-43-42-19-17-39-35-40(23-29-52(39,8)44(42)25-30-51(38,43)7)58-49(57)56-32-24-41(37(3)4)48(56)45-21-22-47-53(9)28-14-27-50(5,6)46(53)26-31-55(47,11)54(45,10)33-34-56/h17,36,38,40-48H,3,12-16,18-35H2,1-2,4-11H3/t38-,40+,41?,42-,43-,44-,45+,46?,47+,48?,51+,52-,53-,54+,55+,56-/m0/s1. The first-order chi connectivity index (χ1) is 27.3. The van der Waals surface area contributed by atoms with E-state index in [4.69, 9.17) is 4.74 Å². The molecular formula is C56H90O2. The van der Waals surface area contributed by atoms with Crippen LogP contribution in [0.3, 0.4) is 0 Å². The van der Waals surface area contributed by atoms with Gasteiger partial charge in [0.05, 0.1) is 5.41 Å². The summed E-state index contributed by atoms with van der Waals surface area (Å²) in [5, 5.41) is 0. The van der Waals surface area contributed by atoms with Crippen LogP contribution in [0, 0.1) is 97.1 Å². The van der Waals surface area contributed by atoms with Crippen molar-refractivity contribution in [3.05, 3.63) is 23.8 Å². The molecule has 16 atom stereocenters. The van der Waals surface area contributed by atoms with Gasteiger partial charge < -0.3 is 4.74 Å². The molecule has 0 heterocycles. The Kier molecular flexibility index (Phi) is 10.6. The fourth-order valence-electron chi connectivity index (χ4n) is 20.1. The number of fused-ring (bicyclic) bond motifs is 12. The van der Waals surface area contributed by atoms with Crippen molar-refractivity contribution in [2.24, 2.45) is 97.1 Å². The van der Waals surface area contributed by atoms with Crippen molar-refractivity contribution in [3.63, 3.8) is 0 Å². The molecule has 9 aliphatic rings. The zero-order valence-corrected chi connectivity index (χ0v) is 39.7. The van der Waals surface area contributed by atoms with Crippen LogP contribution in [-0.4, -0.2) is 12.1 Å². The molecule has 2 heteroatoms. The maximum Gasteiger partial charge on any atom is 0.312 e. The number of carbonyl (C=O) groups excluding carboxylic acids is 1. The highest BCUT2D eigenvalue weighted by molar-refractivity contribution is 5.78. The van der Waals surface area contributed by atoms with E-state index in [9.17, 15) is 0 Å². The molecule has 0 aromatic carbocycles. The van der Waals surface area contributed by atoms with Gasteiger partial charge >= 0.3 is 5.97 Å². The molecule has 0 bridgehead atoms. The van der Waals surface area contributed by atoms with Crippen molar-refractivity contribution >= 4 is 5.97 Å². The van der Waals surface area contributed by atoms with Crippen molar-refractivity contribution in [3.8, 4) is 0 Å². The molecule has 8 fully saturated rings. The van der Waals surface area contributed by atoms with E-state index in [1.165, 1.54) is 121 Å². The summed E-state index contributed by atoms with van der Waals surface area (Å²) in [5.74, 6) is 7.69. The first-order valence-corrected chi connectivity index (χ1v) is 25.9. The van der Waals surface area contributed by atoms with Crippen LogP contribution in [-0.2, 0) is 9.53 Å². The number of esters is 1. The van der Waals surface area contributed by atoms with Crippen LogP contribution in [0.25, 0.3) is 0 Å². The molecule has 0 spiro atoms. The summed E-state index contributed by atoms with van der Waals surface area (Å²) in [5.41, 5.74) is 5.07. The highest BCUT2D eigenvalue weighted by Crippen LogP contribution is 2.78. The Morgan fingerprint density at radius 3 is 2.28 bits per heavy atom. The molecule has 0 amide bonds. The number of carbonyl (C=O) groups is 1. The van der Waals surface area contributed by atoms with E-state index in [1.54, 1.807) is 5.57 Å². The van der Waals surface area contributed by atoms with Gasteiger partial charge in [0, 0.05) is 6.42 Å². The van der Waals surface area contributed by atoms with Crippen molar-refractivity contribution in [1.82, 2.24) is 0 Å². The fraction of sp³-hybridized carbons (Fsp3) is 0.911. The second-order valence-corrected chi connectivity index (χ2v) is 26.2. The maximum absolute atomic E-state index is 15.2. The van der Waals surface area contributed by atoms with Crippen molar-refractivity contribution in [1.29, 1.82) is 0 Å². The minimum Gasteiger partial charge on any atom is -0.462 e. The zero-order valence-electron chi connectivity index (χ0n) is 39.7. The molecular weight excluding hydrogens is 705 g/mol. The largest absolute Gasteiger partial charge is 0.462 e. The lowest BCUT2D eigenvalue weighted by molar-refractivity contribution is -0.239. The molecule has 0 saturated heterocycles. The van der Waals surface area contributed by atoms with Gasteiger partial charge in [-0.1, -0.05) is 112 Å². The number of hydrogen-bond donors (Lipinski definition) is 0. The number of allylic oxidation sites excluding steroid dienone is 2. The lowest BCUT2D eigenvalue weighted by Crippen LogP contribution is -2.66. The lowest BCUT2D eigenvalue weighted by atomic mass is 9.32. The minimum atomic E-state index is -0.320. The van der Waals surface area contributed by atoms with Crippen LogP contribution in [0.2, 0.25) is 0 Å². The second kappa shape index (κ2) is 14.5. The van der Waals surface area contributed by atoms with Crippen LogP contribution in [0.1, 0.15) is 217 Å². The predicted molar refractivity (Wildman–Crippen MR) is 242 cm³/mol. The average Bonchev–Trinajstić information content (AvgIpc) is 3.72. The van der Waals surface area contributed by atoms with Crippen molar-refractivity contribution in [2.75, 3.05) is 0 Å². The summed E-state index contributed by atoms with van der Waals surface area (Å²) < 4.78 is 7.00. The van der Waals surface area contributed by atoms with Crippen LogP contribution in [0.5, 0.6) is 0 Å². The highest BCUT2D eigenvalue weighted by atomic mass is 16.5. The van der Waals surface area contributed by atoms with Crippen LogP contribution >= 0.6 is 0 Å². The van der Waals surface area contributed by atoms with Gasteiger partial charge in [0.15, 0.2) is 0 Å². The Morgan fingerprint density at radius 2 is 1.52 bits per heavy atom. The lowest BCUT2D eigenvalue weighted by Gasteiger charge is -2.72. The second-order valence-electron chi connectivity index (χ2n) is 26.2. The SMILES string of the molecule is C=C(C)C1CC[C@]2(C(=O)O[C@@H]3CC[C@@]4(C)C(=CC[C@H]5[C@@H]6CC[C@H](CCCCC(C)C)[C@@]6(C)CC[C@@H]54)C3)CC[C@]3(C)[C@H](CC[C@@H]4[C@@]5(C)CCCC(C)(C)C5CC[C@]43C)C12. The first-order valence-electron chi connectivity index (χ1n) is 25.9. The smallest absolute Gasteiger partial charge is 0.312 e. The van der Waals surface area contributed by atoms with E-state index in [0.29, 0.717) is 44.8 Å². The third-order valence-corrected chi connectivity index (χ3v) is 23.3. The molecule has 9 rings (SSSR count). The van der Waals surface area contributed by atoms with Gasteiger partial charge in [-0.15, -0.1) is 0 Å². The number of ether oxygens (including phenoxy) is 1. The Balaban J connectivity index is 0.909. The highest BCUT2D eigenvalue weighted by Gasteiger charge is 2.72. The third kappa shape index (κ3) is 6.02. The van der Waals surface area contributed by atoms with E-state index in [2.05, 4.69) is 81.9 Å². The molecule has 0 aliphatic heterocycles. The normalized spacial score (nSPS) is 51.5. The van der Waals surface area contributed by atoms with E-state index >= 15 is 4.79 Å². The zero-order chi connectivity index (χ0) is 41.3. The molecule has 8 saturated carbocycles. The third-order valence-electron chi connectivity index (χ3n) is 23.3. The topological polar surface area (TPSA) is 26.3 Å². The molecule has 0 aromatic rings. The van der Waals surface area contributed by atoms with Crippen LogP contribution in [0.15, 0.2) is 23.8 Å². The van der Waals surface area contributed by atoms with E-state index in [-0.39, 0.29) is 22.9 Å². The summed E-state index contributed by atoms with van der Waals surface area (Å²) in [6, 6.07) is 0. The molecule has 9 aliphatic carbocycles. The van der Waals surface area contributed by atoms with E-state index in [0.717, 1.165) is 73.5 Å². The fourth-order valence-corrected chi connectivity index (χ4v) is 20.1. The quantitative estimate of drug-likeness (QED) is 0.139. The Morgan fingerprint density at radius 1 is 0.741 bits per heavy atom. The minimum absolute atomic E-state index is 0.0595. The van der Waals surface area contributed by atoms with Crippen LogP contribution < -0.4 is 0 Å². The Labute approximate surface area is 358 Å². The van der Waals surface area contributed by atoms with Gasteiger partial charge in [0.1, 0.15) is 6.10 Å². The predicted octanol–water partition coefficient (Wildman–Crippen LogP) is 15.7.